The van der Waals surface area contributed by atoms with E-state index in [4.69, 9.17) is 5.73 Å². The second-order valence-electron chi connectivity index (χ2n) is 5.81. The van der Waals surface area contributed by atoms with E-state index in [1.165, 1.54) is 0 Å². The number of anilines is 1. The molecule has 0 heterocycles. The molecule has 108 valence electrons. The SMILES string of the molecule is C[C@H]1CCCc2c(-c3ccccc3)c(C#N)c(N)c(C#N)c21. The normalized spacial score (nSPS) is 16.4. The third kappa shape index (κ3) is 2.03. The smallest absolute Gasteiger partial charge is 0.102 e. The molecular weight excluding hydrogens is 270 g/mol. The predicted octanol–water partition coefficient (Wildman–Crippen LogP) is 4.12. The number of nitrogens with zero attached hydrogens (tertiary/aromatic N) is 2. The fourth-order valence-electron chi connectivity index (χ4n) is 3.53. The molecule has 0 saturated carbocycles. The molecular formula is C19H17N3. The molecule has 2 aromatic carbocycles. The Hall–Kier alpha value is -2.78. The van der Waals surface area contributed by atoms with Crippen molar-refractivity contribution in [1.29, 1.82) is 10.5 Å². The van der Waals surface area contributed by atoms with Crippen molar-refractivity contribution in [1.82, 2.24) is 0 Å². The second-order valence-corrected chi connectivity index (χ2v) is 5.81. The van der Waals surface area contributed by atoms with Gasteiger partial charge in [-0.2, -0.15) is 10.5 Å². The maximum Gasteiger partial charge on any atom is 0.102 e. The van der Waals surface area contributed by atoms with Crippen molar-refractivity contribution in [2.45, 2.75) is 32.1 Å². The quantitative estimate of drug-likeness (QED) is 0.802. The van der Waals surface area contributed by atoms with Crippen molar-refractivity contribution < 1.29 is 0 Å². The fourth-order valence-corrected chi connectivity index (χ4v) is 3.53. The van der Waals surface area contributed by atoms with E-state index in [9.17, 15) is 10.5 Å². The Morgan fingerprint density at radius 1 is 1.09 bits per heavy atom. The van der Waals surface area contributed by atoms with Crippen molar-refractivity contribution in [3.05, 3.63) is 52.6 Å². The van der Waals surface area contributed by atoms with E-state index in [0.29, 0.717) is 22.7 Å². The topological polar surface area (TPSA) is 73.6 Å². The number of nitrogens with two attached hydrogens (primary N) is 1. The van der Waals surface area contributed by atoms with Gasteiger partial charge in [0.05, 0.1) is 16.8 Å². The van der Waals surface area contributed by atoms with Gasteiger partial charge in [-0.1, -0.05) is 37.3 Å². The van der Waals surface area contributed by atoms with Gasteiger partial charge in [-0.15, -0.1) is 0 Å². The van der Waals surface area contributed by atoms with Gasteiger partial charge in [0, 0.05) is 5.56 Å². The van der Waals surface area contributed by atoms with Crippen LogP contribution in [0, 0.1) is 22.7 Å². The number of hydrogen-bond donors (Lipinski definition) is 1. The van der Waals surface area contributed by atoms with Crippen LogP contribution in [-0.2, 0) is 6.42 Å². The highest BCUT2D eigenvalue weighted by molar-refractivity contribution is 5.85. The first kappa shape index (κ1) is 14.2. The molecule has 3 heteroatoms. The summed E-state index contributed by atoms with van der Waals surface area (Å²) < 4.78 is 0. The highest BCUT2D eigenvalue weighted by Gasteiger charge is 2.28. The van der Waals surface area contributed by atoms with Crippen LogP contribution in [0.4, 0.5) is 5.69 Å². The van der Waals surface area contributed by atoms with E-state index in [1.807, 2.05) is 30.3 Å². The summed E-state index contributed by atoms with van der Waals surface area (Å²) in [6.07, 6.45) is 3.03. The molecule has 0 aromatic heterocycles. The van der Waals surface area contributed by atoms with Crippen LogP contribution >= 0.6 is 0 Å². The van der Waals surface area contributed by atoms with Gasteiger partial charge in [-0.25, -0.2) is 0 Å². The molecule has 0 unspecified atom stereocenters. The lowest BCUT2D eigenvalue weighted by Crippen LogP contribution is -2.14. The minimum Gasteiger partial charge on any atom is -0.397 e. The monoisotopic (exact) mass is 287 g/mol. The summed E-state index contributed by atoms with van der Waals surface area (Å²) in [6.45, 7) is 2.14. The summed E-state index contributed by atoms with van der Waals surface area (Å²) in [6, 6.07) is 14.3. The first-order valence-electron chi connectivity index (χ1n) is 7.52. The van der Waals surface area contributed by atoms with Crippen LogP contribution in [0.25, 0.3) is 11.1 Å². The lowest BCUT2D eigenvalue weighted by atomic mass is 9.75. The Balaban J connectivity index is 2.45. The maximum atomic E-state index is 9.61. The van der Waals surface area contributed by atoms with Gasteiger partial charge in [-0.3, -0.25) is 0 Å². The number of rotatable bonds is 1. The third-order valence-electron chi connectivity index (χ3n) is 4.53. The van der Waals surface area contributed by atoms with Crippen LogP contribution in [-0.4, -0.2) is 0 Å². The lowest BCUT2D eigenvalue weighted by molar-refractivity contribution is 0.590. The van der Waals surface area contributed by atoms with Crippen LogP contribution < -0.4 is 5.73 Å². The molecule has 1 aliphatic rings. The van der Waals surface area contributed by atoms with Crippen molar-refractivity contribution in [2.24, 2.45) is 0 Å². The van der Waals surface area contributed by atoms with Gasteiger partial charge < -0.3 is 5.73 Å². The van der Waals surface area contributed by atoms with Crippen molar-refractivity contribution in [3.8, 4) is 23.3 Å². The Bertz CT molecular complexity index is 808. The molecule has 2 N–H and O–H groups in total. The van der Waals surface area contributed by atoms with Gasteiger partial charge in [0.2, 0.25) is 0 Å². The highest BCUT2D eigenvalue weighted by Crippen LogP contribution is 2.44. The average Bonchev–Trinajstić information content (AvgIpc) is 2.55. The molecule has 1 atom stereocenters. The number of nitriles is 2. The number of benzene rings is 2. The molecule has 1 aliphatic carbocycles. The summed E-state index contributed by atoms with van der Waals surface area (Å²) in [5.41, 5.74) is 11.5. The van der Waals surface area contributed by atoms with Gasteiger partial charge in [-0.05, 0) is 41.9 Å². The van der Waals surface area contributed by atoms with Crippen LogP contribution in [0.2, 0.25) is 0 Å². The second kappa shape index (κ2) is 5.54. The largest absolute Gasteiger partial charge is 0.397 e. The fraction of sp³-hybridized carbons (Fsp3) is 0.263. The lowest BCUT2D eigenvalue weighted by Gasteiger charge is -2.28. The van der Waals surface area contributed by atoms with Crippen LogP contribution in [0.1, 0.15) is 47.9 Å². The van der Waals surface area contributed by atoms with E-state index in [2.05, 4.69) is 19.1 Å². The molecule has 2 aromatic rings. The van der Waals surface area contributed by atoms with Crippen LogP contribution in [0.15, 0.2) is 30.3 Å². The summed E-state index contributed by atoms with van der Waals surface area (Å²) in [5.74, 6) is 0.302. The molecule has 0 fully saturated rings. The number of fused-ring (bicyclic) bond motifs is 1. The van der Waals surface area contributed by atoms with Gasteiger partial charge in [0.15, 0.2) is 0 Å². The Morgan fingerprint density at radius 2 is 1.77 bits per heavy atom. The first-order valence-corrected chi connectivity index (χ1v) is 7.52. The van der Waals surface area contributed by atoms with Gasteiger partial charge in [0.25, 0.3) is 0 Å². The molecule has 0 aliphatic heterocycles. The molecule has 0 spiro atoms. The van der Waals surface area contributed by atoms with Crippen molar-refractivity contribution in [3.63, 3.8) is 0 Å². The van der Waals surface area contributed by atoms with Crippen molar-refractivity contribution >= 4 is 5.69 Å². The molecule has 3 rings (SSSR count). The Kier molecular flexibility index (Phi) is 3.57. The zero-order valence-corrected chi connectivity index (χ0v) is 12.6. The molecule has 0 radical (unpaired) electrons. The average molecular weight is 287 g/mol. The van der Waals surface area contributed by atoms with E-state index in [1.54, 1.807) is 0 Å². The maximum absolute atomic E-state index is 9.61. The summed E-state index contributed by atoms with van der Waals surface area (Å²) >= 11 is 0. The van der Waals surface area contributed by atoms with Crippen molar-refractivity contribution in [2.75, 3.05) is 5.73 Å². The van der Waals surface area contributed by atoms with E-state index < -0.39 is 0 Å². The molecule has 0 amide bonds. The van der Waals surface area contributed by atoms with E-state index >= 15 is 0 Å². The van der Waals surface area contributed by atoms with Crippen LogP contribution in [0.3, 0.4) is 0 Å². The number of nitrogen functional groups attached to an aromatic ring is 1. The molecule has 0 bridgehead atoms. The molecule has 0 saturated heterocycles. The van der Waals surface area contributed by atoms with Crippen LogP contribution in [0.5, 0.6) is 0 Å². The first-order chi connectivity index (χ1) is 10.7. The van der Waals surface area contributed by atoms with Gasteiger partial charge in [0.1, 0.15) is 12.1 Å². The minimum absolute atomic E-state index is 0.302. The standard InChI is InChI=1S/C19H17N3/c1-12-6-5-9-14-17(12)15(10-20)19(22)16(11-21)18(14)13-7-3-2-4-8-13/h2-4,7-8,12H,5-6,9,22H2,1H3/t12-/m0/s1. The van der Waals surface area contributed by atoms with Gasteiger partial charge >= 0.3 is 0 Å². The third-order valence-corrected chi connectivity index (χ3v) is 4.53. The summed E-state index contributed by atoms with van der Waals surface area (Å²) in [7, 11) is 0. The highest BCUT2D eigenvalue weighted by atomic mass is 14.6. The van der Waals surface area contributed by atoms with E-state index in [-0.39, 0.29) is 0 Å². The summed E-state index contributed by atoms with van der Waals surface area (Å²) in [5, 5.41) is 19.1. The van der Waals surface area contributed by atoms with E-state index in [0.717, 1.165) is 41.5 Å². The summed E-state index contributed by atoms with van der Waals surface area (Å²) in [4.78, 5) is 0. The predicted molar refractivity (Wildman–Crippen MR) is 87.1 cm³/mol. The number of hydrogen-bond acceptors (Lipinski definition) is 3. The Morgan fingerprint density at radius 3 is 2.41 bits per heavy atom. The minimum atomic E-state index is 0.302. The Labute approximate surface area is 130 Å². The zero-order valence-electron chi connectivity index (χ0n) is 12.6. The molecule has 3 nitrogen and oxygen atoms in total. The molecule has 22 heavy (non-hydrogen) atoms. The zero-order chi connectivity index (χ0) is 15.7.